The number of fused-ring (bicyclic) bond motifs is 1. The molecular formula is C16H25N3O9S3. The SMILES string of the molecule is CCN[C@H]1CN(CCCOC)S(=O)(=O)c2sc(S(N)(=O)=O)cc21.O=C(O)/C=C\C(=O)O. The van der Waals surface area contributed by atoms with Crippen LogP contribution in [0.5, 0.6) is 0 Å². The highest BCUT2D eigenvalue weighted by molar-refractivity contribution is 7.94. The molecule has 2 rings (SSSR count). The van der Waals surface area contributed by atoms with E-state index in [1.165, 1.54) is 10.4 Å². The van der Waals surface area contributed by atoms with Gasteiger partial charge in [-0.25, -0.2) is 31.6 Å². The van der Waals surface area contributed by atoms with Crippen molar-refractivity contribution in [2.75, 3.05) is 33.4 Å². The van der Waals surface area contributed by atoms with E-state index < -0.39 is 32.0 Å². The quantitative estimate of drug-likeness (QED) is 0.261. The molecule has 0 radical (unpaired) electrons. The Bertz CT molecular complexity index is 1000. The van der Waals surface area contributed by atoms with E-state index in [1.807, 2.05) is 6.92 Å². The molecule has 1 aromatic rings. The number of nitrogens with two attached hydrogens (primary N) is 1. The monoisotopic (exact) mass is 499 g/mol. The van der Waals surface area contributed by atoms with Gasteiger partial charge in [-0.2, -0.15) is 4.31 Å². The van der Waals surface area contributed by atoms with Crippen LogP contribution in [0.4, 0.5) is 0 Å². The van der Waals surface area contributed by atoms with Gasteiger partial charge >= 0.3 is 11.9 Å². The lowest BCUT2D eigenvalue weighted by molar-refractivity contribution is -0.134. The maximum absolute atomic E-state index is 12.7. The fourth-order valence-corrected chi connectivity index (χ4v) is 6.93. The molecule has 0 spiro atoms. The number of nitrogens with one attached hydrogen (secondary N) is 1. The second-order valence-electron chi connectivity index (χ2n) is 6.18. The van der Waals surface area contributed by atoms with Gasteiger partial charge in [0.2, 0.25) is 10.0 Å². The van der Waals surface area contributed by atoms with E-state index in [2.05, 4.69) is 5.32 Å². The largest absolute Gasteiger partial charge is 0.478 e. The number of likely N-dealkylation sites (N-methyl/N-ethyl adjacent to an activating group) is 1. The first kappa shape index (κ1) is 27.2. The molecule has 0 amide bonds. The van der Waals surface area contributed by atoms with E-state index in [4.69, 9.17) is 20.1 Å². The first-order chi connectivity index (χ1) is 14.3. The van der Waals surface area contributed by atoms with Crippen LogP contribution in [-0.4, -0.2) is 76.6 Å². The normalized spacial score (nSPS) is 18.2. The third-order valence-corrected chi connectivity index (χ3v) is 8.86. The molecule has 5 N–H and O–H groups in total. The van der Waals surface area contributed by atoms with Crippen molar-refractivity contribution in [1.29, 1.82) is 0 Å². The Morgan fingerprint density at radius 2 is 1.94 bits per heavy atom. The van der Waals surface area contributed by atoms with Gasteiger partial charge < -0.3 is 20.3 Å². The molecule has 176 valence electrons. The predicted octanol–water partition coefficient (Wildman–Crippen LogP) is -0.201. The number of nitrogens with zero attached hydrogens (tertiary/aromatic N) is 1. The van der Waals surface area contributed by atoms with Crippen molar-refractivity contribution in [3.8, 4) is 0 Å². The van der Waals surface area contributed by atoms with E-state index in [0.717, 1.165) is 0 Å². The number of ether oxygens (including phenoxy) is 1. The third kappa shape index (κ3) is 7.95. The van der Waals surface area contributed by atoms with Crippen LogP contribution in [-0.2, 0) is 34.4 Å². The van der Waals surface area contributed by atoms with Crippen LogP contribution in [0.1, 0.15) is 24.9 Å². The summed E-state index contributed by atoms with van der Waals surface area (Å²) in [5, 5.41) is 24.0. The first-order valence-electron chi connectivity index (χ1n) is 8.87. The maximum Gasteiger partial charge on any atom is 0.328 e. The van der Waals surface area contributed by atoms with E-state index in [-0.39, 0.29) is 21.0 Å². The number of methoxy groups -OCH3 is 1. The molecule has 1 aliphatic rings. The molecule has 0 unspecified atom stereocenters. The first-order valence-corrected chi connectivity index (χ1v) is 12.7. The van der Waals surface area contributed by atoms with Crippen LogP contribution >= 0.6 is 11.3 Å². The zero-order chi connectivity index (χ0) is 23.8. The molecular weight excluding hydrogens is 474 g/mol. The minimum absolute atomic E-state index is 0.0520. The summed E-state index contributed by atoms with van der Waals surface area (Å²) in [5.41, 5.74) is 0.476. The van der Waals surface area contributed by atoms with Crippen LogP contribution in [0.15, 0.2) is 26.6 Å². The minimum Gasteiger partial charge on any atom is -0.478 e. The molecule has 0 aromatic carbocycles. The van der Waals surface area contributed by atoms with Gasteiger partial charge in [0.05, 0.1) is 0 Å². The molecule has 0 saturated heterocycles. The Balaban J connectivity index is 0.000000512. The van der Waals surface area contributed by atoms with Crippen molar-refractivity contribution in [2.45, 2.75) is 27.8 Å². The topological polar surface area (TPSA) is 193 Å². The fraction of sp³-hybridized carbons (Fsp3) is 0.500. The number of carbonyl (C=O) groups is 2. The zero-order valence-corrected chi connectivity index (χ0v) is 19.3. The summed E-state index contributed by atoms with van der Waals surface area (Å²) < 4.78 is 54.8. The molecule has 1 atom stereocenters. The van der Waals surface area contributed by atoms with Gasteiger partial charge in [-0.3, -0.25) is 0 Å². The van der Waals surface area contributed by atoms with E-state index in [0.29, 0.717) is 55.2 Å². The summed E-state index contributed by atoms with van der Waals surface area (Å²) in [5.74, 6) is -2.51. The highest BCUT2D eigenvalue weighted by atomic mass is 32.3. The molecule has 2 heterocycles. The fourth-order valence-electron chi connectivity index (χ4n) is 2.63. The van der Waals surface area contributed by atoms with Crippen LogP contribution in [0.25, 0.3) is 0 Å². The Morgan fingerprint density at radius 1 is 1.35 bits per heavy atom. The lowest BCUT2D eigenvalue weighted by Gasteiger charge is -2.32. The van der Waals surface area contributed by atoms with Gasteiger partial charge in [0.1, 0.15) is 8.42 Å². The molecule has 0 bridgehead atoms. The van der Waals surface area contributed by atoms with Gasteiger partial charge in [-0.15, -0.1) is 11.3 Å². The van der Waals surface area contributed by atoms with Crippen molar-refractivity contribution in [3.05, 3.63) is 23.8 Å². The molecule has 0 saturated carbocycles. The predicted molar refractivity (Wildman–Crippen MR) is 112 cm³/mol. The molecule has 0 fully saturated rings. The van der Waals surface area contributed by atoms with Gasteiger partial charge in [0.15, 0.2) is 0 Å². The summed E-state index contributed by atoms with van der Waals surface area (Å²) in [6.07, 6.45) is 1.68. The Kier molecular flexibility index (Phi) is 10.2. The van der Waals surface area contributed by atoms with Gasteiger partial charge in [-0.1, -0.05) is 6.92 Å². The van der Waals surface area contributed by atoms with Crippen molar-refractivity contribution >= 4 is 43.3 Å². The van der Waals surface area contributed by atoms with Crippen molar-refractivity contribution < 1.29 is 41.4 Å². The number of hydrogen-bond donors (Lipinski definition) is 4. The number of sulfonamides is 2. The lowest BCUT2D eigenvalue weighted by Crippen LogP contribution is -2.43. The standard InChI is InChI=1S/C12H21N3O5S3.C4H4O4/c1-3-14-10-8-15(5-4-6-20-2)23(18,19)12-9(10)7-11(21-12)22(13,16)17;5-3(6)1-2-4(7)8/h7,10,14H,3-6,8H2,1-2H3,(H2,13,16,17);1-2H,(H,5,6)(H,7,8)/b;2-1-/t10-;/m0./s1. The molecule has 1 aliphatic heterocycles. The van der Waals surface area contributed by atoms with Crippen molar-refractivity contribution in [2.24, 2.45) is 5.14 Å². The number of hydrogen-bond acceptors (Lipinski definition) is 9. The number of aliphatic carboxylic acids is 2. The molecule has 0 aliphatic carbocycles. The van der Waals surface area contributed by atoms with Gasteiger partial charge in [-0.05, 0) is 19.0 Å². The summed E-state index contributed by atoms with van der Waals surface area (Å²) in [6, 6.07) is 1.11. The number of primary sulfonamides is 1. The van der Waals surface area contributed by atoms with Crippen LogP contribution in [0.2, 0.25) is 0 Å². The molecule has 31 heavy (non-hydrogen) atoms. The Hall–Kier alpha value is -1.88. The highest BCUT2D eigenvalue weighted by Gasteiger charge is 2.39. The van der Waals surface area contributed by atoms with E-state index >= 15 is 0 Å². The molecule has 12 nitrogen and oxygen atoms in total. The third-order valence-electron chi connectivity index (χ3n) is 3.89. The van der Waals surface area contributed by atoms with Crippen LogP contribution < -0.4 is 10.5 Å². The van der Waals surface area contributed by atoms with E-state index in [9.17, 15) is 26.4 Å². The Labute approximate surface area is 184 Å². The number of thiophene rings is 1. The van der Waals surface area contributed by atoms with Crippen LogP contribution in [0, 0.1) is 0 Å². The minimum atomic E-state index is -3.94. The summed E-state index contributed by atoms with van der Waals surface area (Å²) in [6.45, 7) is 3.58. The summed E-state index contributed by atoms with van der Waals surface area (Å²) in [7, 11) is -6.10. The number of carboxylic acids is 2. The van der Waals surface area contributed by atoms with Crippen molar-refractivity contribution in [1.82, 2.24) is 9.62 Å². The summed E-state index contributed by atoms with van der Waals surface area (Å²) in [4.78, 5) is 19.1. The molecule has 15 heteroatoms. The van der Waals surface area contributed by atoms with Gasteiger partial charge in [0, 0.05) is 50.6 Å². The Morgan fingerprint density at radius 3 is 2.39 bits per heavy atom. The second-order valence-corrected chi connectivity index (χ2v) is 11.2. The average Bonchev–Trinajstić information content (AvgIpc) is 3.12. The molecule has 1 aromatic heterocycles. The number of rotatable bonds is 9. The highest BCUT2D eigenvalue weighted by Crippen LogP contribution is 2.39. The average molecular weight is 500 g/mol. The lowest BCUT2D eigenvalue weighted by atomic mass is 10.1. The van der Waals surface area contributed by atoms with Gasteiger partial charge in [0.25, 0.3) is 10.0 Å². The smallest absolute Gasteiger partial charge is 0.328 e. The maximum atomic E-state index is 12.7. The van der Waals surface area contributed by atoms with Crippen LogP contribution in [0.3, 0.4) is 0 Å². The number of carboxylic acid groups (broad SMARTS) is 2. The van der Waals surface area contributed by atoms with Crippen molar-refractivity contribution in [3.63, 3.8) is 0 Å². The second kappa shape index (κ2) is 11.7. The van der Waals surface area contributed by atoms with E-state index in [1.54, 1.807) is 7.11 Å². The summed E-state index contributed by atoms with van der Waals surface area (Å²) >= 11 is 0.708. The zero-order valence-electron chi connectivity index (χ0n) is 16.8.